The van der Waals surface area contributed by atoms with Crippen LogP contribution in [0.4, 0.5) is 17.3 Å². The summed E-state index contributed by atoms with van der Waals surface area (Å²) in [4.78, 5) is 7.62. The van der Waals surface area contributed by atoms with E-state index in [1.54, 1.807) is 0 Å². The molecule has 0 saturated heterocycles. The lowest BCUT2D eigenvalue weighted by molar-refractivity contribution is 1.31. The monoisotopic (exact) mass is 302 g/mol. The molecule has 0 radical (unpaired) electrons. The molecule has 0 fully saturated rings. The summed E-state index contributed by atoms with van der Waals surface area (Å²) in [6.07, 6.45) is 0. The van der Waals surface area contributed by atoms with E-state index in [1.807, 2.05) is 42.5 Å². The molecule has 90 valence electrons. The Balaban J connectivity index is 1.92. The van der Waals surface area contributed by atoms with Crippen molar-refractivity contribution in [2.75, 3.05) is 11.1 Å². The van der Waals surface area contributed by atoms with Crippen LogP contribution in [0.2, 0.25) is 0 Å². The van der Waals surface area contributed by atoms with Crippen molar-refractivity contribution in [3.63, 3.8) is 0 Å². The number of benzene rings is 2. The number of nitrogens with two attached hydrogens (primary N) is 1. The molecule has 3 aromatic rings. The highest BCUT2D eigenvalue weighted by Gasteiger charge is 2.03. The fraction of sp³-hybridized carbons (Fsp3) is 0. The van der Waals surface area contributed by atoms with E-state index in [1.165, 1.54) is 0 Å². The van der Waals surface area contributed by atoms with Crippen molar-refractivity contribution in [3.8, 4) is 0 Å². The van der Waals surface area contributed by atoms with Crippen molar-refractivity contribution < 1.29 is 0 Å². The van der Waals surface area contributed by atoms with Crippen LogP contribution in [0.3, 0.4) is 0 Å². The van der Waals surface area contributed by atoms with Crippen LogP contribution in [-0.4, -0.2) is 9.97 Å². The van der Waals surface area contributed by atoms with Crippen LogP contribution < -0.4 is 11.1 Å². The zero-order valence-electron chi connectivity index (χ0n) is 9.44. The number of nitrogens with one attached hydrogen (secondary N) is 2. The second-order valence-corrected chi connectivity index (χ2v) is 4.91. The van der Waals surface area contributed by atoms with Gasteiger partial charge in [-0.05, 0) is 42.5 Å². The first kappa shape index (κ1) is 11.1. The highest BCUT2D eigenvalue weighted by atomic mass is 79.9. The molecule has 18 heavy (non-hydrogen) atoms. The number of hydrogen-bond acceptors (Lipinski definition) is 3. The van der Waals surface area contributed by atoms with Crippen molar-refractivity contribution in [1.29, 1.82) is 0 Å². The summed E-state index contributed by atoms with van der Waals surface area (Å²) < 4.78 is 1.05. The Morgan fingerprint density at radius 2 is 1.89 bits per heavy atom. The first-order valence-corrected chi connectivity index (χ1v) is 6.28. The fourth-order valence-electron chi connectivity index (χ4n) is 1.76. The number of imidazole rings is 1. The van der Waals surface area contributed by atoms with E-state index in [0.29, 0.717) is 5.95 Å². The van der Waals surface area contributed by atoms with Gasteiger partial charge in [-0.25, -0.2) is 4.98 Å². The Morgan fingerprint density at radius 3 is 2.67 bits per heavy atom. The minimum atomic E-state index is 0.706. The first-order chi connectivity index (χ1) is 8.70. The van der Waals surface area contributed by atoms with Crippen LogP contribution in [-0.2, 0) is 0 Å². The molecule has 1 heterocycles. The quantitative estimate of drug-likeness (QED) is 0.633. The Hall–Kier alpha value is -2.01. The first-order valence-electron chi connectivity index (χ1n) is 5.48. The van der Waals surface area contributed by atoms with Crippen molar-refractivity contribution in [2.45, 2.75) is 0 Å². The van der Waals surface area contributed by atoms with Crippen LogP contribution in [0.25, 0.3) is 11.0 Å². The molecule has 0 amide bonds. The minimum Gasteiger partial charge on any atom is -0.399 e. The Morgan fingerprint density at radius 1 is 1.11 bits per heavy atom. The van der Waals surface area contributed by atoms with Gasteiger partial charge in [0.2, 0.25) is 5.95 Å². The summed E-state index contributed by atoms with van der Waals surface area (Å²) in [6, 6.07) is 13.5. The average Bonchev–Trinajstić information content (AvgIpc) is 2.73. The number of halogens is 1. The summed E-state index contributed by atoms with van der Waals surface area (Å²) in [6.45, 7) is 0. The summed E-state index contributed by atoms with van der Waals surface area (Å²) in [5.41, 5.74) is 9.25. The molecule has 3 rings (SSSR count). The topological polar surface area (TPSA) is 66.7 Å². The van der Waals surface area contributed by atoms with E-state index >= 15 is 0 Å². The molecule has 0 aliphatic carbocycles. The smallest absolute Gasteiger partial charge is 0.205 e. The van der Waals surface area contributed by atoms with E-state index in [0.717, 1.165) is 26.9 Å². The Labute approximate surface area is 112 Å². The van der Waals surface area contributed by atoms with Crippen molar-refractivity contribution >= 4 is 44.3 Å². The van der Waals surface area contributed by atoms with E-state index in [-0.39, 0.29) is 0 Å². The number of fused-ring (bicyclic) bond motifs is 1. The molecule has 0 aliphatic rings. The SMILES string of the molecule is Nc1ccc2nc(Nc3ccc(Br)cc3)[nH]c2c1. The molecule has 4 nitrogen and oxygen atoms in total. The predicted octanol–water partition coefficient (Wildman–Crippen LogP) is 3.65. The predicted molar refractivity (Wildman–Crippen MR) is 77.9 cm³/mol. The average molecular weight is 303 g/mol. The van der Waals surface area contributed by atoms with E-state index < -0.39 is 0 Å². The highest BCUT2D eigenvalue weighted by Crippen LogP contribution is 2.21. The molecule has 0 aliphatic heterocycles. The second kappa shape index (κ2) is 4.34. The number of nitrogen functional groups attached to an aromatic ring is 1. The third-order valence-corrected chi connectivity index (χ3v) is 3.14. The maximum absolute atomic E-state index is 5.73. The number of rotatable bonds is 2. The third-order valence-electron chi connectivity index (χ3n) is 2.61. The molecule has 0 unspecified atom stereocenters. The summed E-state index contributed by atoms with van der Waals surface area (Å²) in [5, 5.41) is 3.21. The molecule has 4 N–H and O–H groups in total. The third kappa shape index (κ3) is 2.17. The van der Waals surface area contributed by atoms with Gasteiger partial charge < -0.3 is 16.0 Å². The maximum atomic E-state index is 5.73. The van der Waals surface area contributed by atoms with Crippen LogP contribution in [0.15, 0.2) is 46.9 Å². The van der Waals surface area contributed by atoms with Gasteiger partial charge in [0.1, 0.15) is 0 Å². The lowest BCUT2D eigenvalue weighted by Gasteiger charge is -2.01. The van der Waals surface area contributed by atoms with Gasteiger partial charge in [-0.1, -0.05) is 15.9 Å². The van der Waals surface area contributed by atoms with Gasteiger partial charge in [0.15, 0.2) is 0 Å². The van der Waals surface area contributed by atoms with Crippen LogP contribution in [0.1, 0.15) is 0 Å². The molecular weight excluding hydrogens is 292 g/mol. The summed E-state index contributed by atoms with van der Waals surface area (Å²) in [7, 11) is 0. The standard InChI is InChI=1S/C13H11BrN4/c14-8-1-4-10(5-2-8)16-13-17-11-6-3-9(15)7-12(11)18-13/h1-7H,15H2,(H2,16,17,18). The van der Waals surface area contributed by atoms with Crippen molar-refractivity contribution in [1.82, 2.24) is 9.97 Å². The molecule has 1 aromatic heterocycles. The number of anilines is 3. The summed E-state index contributed by atoms with van der Waals surface area (Å²) in [5.74, 6) is 0.706. The zero-order chi connectivity index (χ0) is 12.5. The van der Waals surface area contributed by atoms with Gasteiger partial charge in [-0.15, -0.1) is 0 Å². The molecular formula is C13H11BrN4. The Bertz CT molecular complexity index is 688. The maximum Gasteiger partial charge on any atom is 0.205 e. The summed E-state index contributed by atoms with van der Waals surface area (Å²) >= 11 is 3.40. The number of hydrogen-bond donors (Lipinski definition) is 3. The largest absolute Gasteiger partial charge is 0.399 e. The molecule has 5 heteroatoms. The zero-order valence-corrected chi connectivity index (χ0v) is 11.0. The van der Waals surface area contributed by atoms with Gasteiger partial charge in [-0.2, -0.15) is 0 Å². The minimum absolute atomic E-state index is 0.706. The Kier molecular flexibility index (Phi) is 2.68. The van der Waals surface area contributed by atoms with Crippen LogP contribution in [0.5, 0.6) is 0 Å². The number of aromatic amines is 1. The lowest BCUT2D eigenvalue weighted by Crippen LogP contribution is -1.91. The van der Waals surface area contributed by atoms with Gasteiger partial charge in [0.25, 0.3) is 0 Å². The van der Waals surface area contributed by atoms with E-state index in [4.69, 9.17) is 5.73 Å². The van der Waals surface area contributed by atoms with Gasteiger partial charge in [0, 0.05) is 15.8 Å². The number of aromatic nitrogens is 2. The second-order valence-electron chi connectivity index (χ2n) is 3.99. The van der Waals surface area contributed by atoms with Crippen LogP contribution >= 0.6 is 15.9 Å². The molecule has 0 spiro atoms. The van der Waals surface area contributed by atoms with Crippen LogP contribution in [0, 0.1) is 0 Å². The fourth-order valence-corrected chi connectivity index (χ4v) is 2.02. The molecule has 2 aromatic carbocycles. The molecule has 0 atom stereocenters. The van der Waals surface area contributed by atoms with Crippen molar-refractivity contribution in [3.05, 3.63) is 46.9 Å². The van der Waals surface area contributed by atoms with Gasteiger partial charge in [0.05, 0.1) is 11.0 Å². The van der Waals surface area contributed by atoms with Crippen molar-refractivity contribution in [2.24, 2.45) is 0 Å². The number of H-pyrrole nitrogens is 1. The van der Waals surface area contributed by atoms with Gasteiger partial charge >= 0.3 is 0 Å². The normalized spacial score (nSPS) is 10.7. The molecule has 0 bridgehead atoms. The lowest BCUT2D eigenvalue weighted by atomic mass is 10.3. The highest BCUT2D eigenvalue weighted by molar-refractivity contribution is 9.10. The molecule has 0 saturated carbocycles. The number of nitrogens with zero attached hydrogens (tertiary/aromatic N) is 1. The van der Waals surface area contributed by atoms with Gasteiger partial charge in [-0.3, -0.25) is 0 Å². The van der Waals surface area contributed by atoms with E-state index in [9.17, 15) is 0 Å². The van der Waals surface area contributed by atoms with E-state index in [2.05, 4.69) is 31.2 Å².